The van der Waals surface area contributed by atoms with E-state index in [1.807, 2.05) is 10.6 Å². The van der Waals surface area contributed by atoms with Crippen LogP contribution < -0.4 is 70.8 Å². The summed E-state index contributed by atoms with van der Waals surface area (Å²) in [6, 6.07) is -13.5. The number of rotatable bonds is 14. The lowest BCUT2D eigenvalue weighted by atomic mass is 9.96. The van der Waals surface area contributed by atoms with Crippen molar-refractivity contribution in [3.8, 4) is 0 Å². The molecule has 0 aromatic heterocycles. The molecule has 1 heterocycles. The summed E-state index contributed by atoms with van der Waals surface area (Å²) in [4.78, 5) is 138. The summed E-state index contributed by atoms with van der Waals surface area (Å²) in [5.41, 5.74) is 22.1. The number of primary amides is 1. The van der Waals surface area contributed by atoms with Gasteiger partial charge >= 0.3 is 0 Å². The number of nitrogens with zero attached hydrogens (tertiary/aromatic N) is 1. The molecule has 0 radical (unpaired) electrons. The van der Waals surface area contributed by atoms with E-state index >= 15 is 0 Å². The highest BCUT2D eigenvalue weighted by molar-refractivity contribution is 5.99. The third kappa shape index (κ3) is 19.5. The molecule has 10 amide bonds. The molecule has 68 heavy (non-hydrogen) atoms. The van der Waals surface area contributed by atoms with E-state index in [2.05, 4.69) is 42.2 Å². The lowest BCUT2D eigenvalue weighted by Gasteiger charge is -2.31. The minimum atomic E-state index is -2.44. The van der Waals surface area contributed by atoms with Gasteiger partial charge in [-0.15, -0.1) is 0 Å². The summed E-state index contributed by atoms with van der Waals surface area (Å²) in [7, 11) is 0. The van der Waals surface area contributed by atoms with Crippen molar-refractivity contribution in [2.75, 3.05) is 26.2 Å². The zero-order chi connectivity index (χ0) is 52.2. The molecule has 28 nitrogen and oxygen atoms in total. The van der Waals surface area contributed by atoms with Gasteiger partial charge in [-0.05, 0) is 43.9 Å². The molecule has 0 bridgehead atoms. The highest BCUT2D eigenvalue weighted by atomic mass is 16.3. The molecule has 1 aliphatic rings. The second-order valence-electron chi connectivity index (χ2n) is 17.2. The highest BCUT2D eigenvalue weighted by Crippen LogP contribution is 2.14. The fourth-order valence-electron chi connectivity index (χ4n) is 6.40. The van der Waals surface area contributed by atoms with Crippen LogP contribution in [0.25, 0.3) is 0 Å². The normalized spacial score (nSPS) is 26.9. The Balaban J connectivity index is 3.91. The third-order valence-electron chi connectivity index (χ3n) is 10.7. The first-order valence-electron chi connectivity index (χ1n) is 22.1. The molecular formula is C40H72N14O14. The van der Waals surface area contributed by atoms with Crippen LogP contribution in [-0.4, -0.2) is 178 Å². The molecule has 0 spiro atoms. The molecule has 0 aromatic carbocycles. The van der Waals surface area contributed by atoms with Gasteiger partial charge in [0.15, 0.2) is 12.1 Å². The minimum Gasteiger partial charge on any atom is -0.394 e. The highest BCUT2D eigenvalue weighted by Gasteiger charge is 2.39. The monoisotopic (exact) mass is 973 g/mol. The first kappa shape index (κ1) is 59.8. The number of aliphatic hydroxyl groups excluding tert-OH is 4. The maximum absolute atomic E-state index is 14.1. The molecular weight excluding hydrogens is 901 g/mol. The largest absolute Gasteiger partial charge is 0.394 e. The third-order valence-corrected chi connectivity index (χ3v) is 10.7. The Morgan fingerprint density at radius 1 is 0.647 bits per heavy atom. The summed E-state index contributed by atoms with van der Waals surface area (Å²) in [5, 5.41) is 62.7. The molecule has 0 aliphatic carbocycles. The van der Waals surface area contributed by atoms with Crippen LogP contribution in [0.4, 0.5) is 0 Å². The van der Waals surface area contributed by atoms with E-state index < -0.39 is 157 Å². The van der Waals surface area contributed by atoms with Crippen LogP contribution in [0.3, 0.4) is 0 Å². The van der Waals surface area contributed by atoms with Gasteiger partial charge in [0.2, 0.25) is 59.1 Å². The molecule has 1 fully saturated rings. The predicted octanol–water partition coefficient (Wildman–Crippen LogP) is -8.66. The van der Waals surface area contributed by atoms with E-state index in [4.69, 9.17) is 22.9 Å². The van der Waals surface area contributed by atoms with Crippen molar-refractivity contribution in [2.24, 2.45) is 45.7 Å². The predicted molar refractivity (Wildman–Crippen MR) is 241 cm³/mol. The van der Waals surface area contributed by atoms with Crippen molar-refractivity contribution in [1.29, 1.82) is 0 Å². The van der Waals surface area contributed by atoms with Gasteiger partial charge in [-0.25, -0.2) is 0 Å². The van der Waals surface area contributed by atoms with Crippen molar-refractivity contribution >= 4 is 65.0 Å². The Hall–Kier alpha value is -6.23. The van der Waals surface area contributed by atoms with E-state index in [-0.39, 0.29) is 44.1 Å². The zero-order valence-electron chi connectivity index (χ0n) is 39.4. The Morgan fingerprint density at radius 3 is 1.71 bits per heavy atom. The van der Waals surface area contributed by atoms with Crippen LogP contribution in [0.5, 0.6) is 0 Å². The van der Waals surface area contributed by atoms with E-state index in [1.165, 1.54) is 13.8 Å². The number of nitrogens with one attached hydrogen (secondary N) is 9. The standard InChI is InChI=1S/C40H72N14O14/c1-8-18(6)25-37(66)53-26(19(7)56)36(65)47-14-24(57)51-28(30(59)31(42)60)39(68)50-23(15-55)33(62)46-13-20(41)32(61)54-27(29(58)17(4)5)38(67)49-22(12-16(2)3)35(64)48-21(34(63)52-25)10-9-11-45-40(43)44/h16-23,25-30,55-56,58-59H,8-15,41H2,1-7H3,(H2,42,60)(H,46,62)(H,47,65)(H,48,64)(H,49,67)(H,50,68)(H,51,57)(H,52,63)(H,53,66)(H,54,61)(H4,43,44,45)/t18-,19-,20-,21+,22-,23-,25-,26-,27-,28-,29+,30-/m0/s1. The molecule has 1 saturated heterocycles. The molecule has 12 atom stereocenters. The Bertz CT molecular complexity index is 1810. The van der Waals surface area contributed by atoms with Gasteiger partial charge in [0.05, 0.1) is 25.4 Å². The number of guanidine groups is 1. The summed E-state index contributed by atoms with van der Waals surface area (Å²) in [6.07, 6.45) is -5.43. The lowest BCUT2D eigenvalue weighted by Crippen LogP contribution is -2.64. The van der Waals surface area contributed by atoms with E-state index in [0.29, 0.717) is 0 Å². The second-order valence-corrected chi connectivity index (χ2v) is 17.2. The number of carbonyl (C=O) groups excluding carboxylic acids is 10. The molecule has 0 aromatic rings. The first-order chi connectivity index (χ1) is 31.7. The second kappa shape index (κ2) is 28.8. The topological polar surface area (TPSA) is 476 Å². The number of aliphatic hydroxyl groups is 4. The maximum Gasteiger partial charge on any atom is 0.248 e. The molecule has 0 saturated carbocycles. The average Bonchev–Trinajstić information content (AvgIpc) is 3.26. The quantitative estimate of drug-likeness (QED) is 0.0437. The molecule has 21 N–H and O–H groups in total. The fourth-order valence-corrected chi connectivity index (χ4v) is 6.40. The van der Waals surface area contributed by atoms with Crippen LogP contribution >= 0.6 is 0 Å². The van der Waals surface area contributed by atoms with Crippen LogP contribution in [-0.2, 0) is 47.9 Å². The van der Waals surface area contributed by atoms with Crippen molar-refractivity contribution in [1.82, 2.24) is 47.9 Å². The molecule has 0 unspecified atom stereocenters. The maximum atomic E-state index is 14.1. The van der Waals surface area contributed by atoms with E-state index in [0.717, 1.165) is 6.92 Å². The van der Waals surface area contributed by atoms with Gasteiger partial charge in [-0.2, -0.15) is 0 Å². The summed E-state index contributed by atoms with van der Waals surface area (Å²) in [5.74, 6) is -13.3. The summed E-state index contributed by atoms with van der Waals surface area (Å²) >= 11 is 0. The van der Waals surface area contributed by atoms with Crippen LogP contribution in [0, 0.1) is 17.8 Å². The Kier molecular flexibility index (Phi) is 25.4. The number of carbonyl (C=O) groups is 10. The Morgan fingerprint density at radius 2 is 1.18 bits per heavy atom. The zero-order valence-corrected chi connectivity index (χ0v) is 39.4. The molecule has 28 heteroatoms. The average molecular weight is 973 g/mol. The SMILES string of the molecule is CC[C@H](C)[C@@H]1NC(=O)[C@@H](CCCN=C(N)N)NC(=O)[C@H](CC(C)C)NC(=O)[C@H]([C@H](O)C(C)C)NC(=O)[C@@H](N)CNC(=O)[C@H](CO)NC(=O)[C@H]([C@H](O)C(N)=O)NC(=O)CNC(=O)[C@H]([C@H](C)O)NC1=O. The van der Waals surface area contributed by atoms with Crippen molar-refractivity contribution in [2.45, 2.75) is 141 Å². The molecule has 386 valence electrons. The van der Waals surface area contributed by atoms with Crippen molar-refractivity contribution < 1.29 is 68.4 Å². The van der Waals surface area contributed by atoms with Crippen LogP contribution in [0.1, 0.15) is 74.1 Å². The van der Waals surface area contributed by atoms with Crippen molar-refractivity contribution in [3.63, 3.8) is 0 Å². The minimum absolute atomic E-state index is 0.00843. The van der Waals surface area contributed by atoms with Gasteiger partial charge in [-0.1, -0.05) is 48.0 Å². The Labute approximate surface area is 393 Å². The van der Waals surface area contributed by atoms with Gasteiger partial charge in [0.1, 0.15) is 48.3 Å². The van der Waals surface area contributed by atoms with E-state index in [9.17, 15) is 68.4 Å². The van der Waals surface area contributed by atoms with Crippen LogP contribution in [0.15, 0.2) is 4.99 Å². The van der Waals surface area contributed by atoms with Crippen molar-refractivity contribution in [3.05, 3.63) is 0 Å². The number of amides is 10. The van der Waals surface area contributed by atoms with Gasteiger partial charge in [0.25, 0.3) is 0 Å². The smallest absolute Gasteiger partial charge is 0.248 e. The summed E-state index contributed by atoms with van der Waals surface area (Å²) < 4.78 is 0. The lowest BCUT2D eigenvalue weighted by molar-refractivity contribution is -0.140. The van der Waals surface area contributed by atoms with Gasteiger partial charge in [0, 0.05) is 13.1 Å². The molecule has 1 rings (SSSR count). The molecule has 1 aliphatic heterocycles. The number of hydrogen-bond donors (Lipinski definition) is 17. The number of hydrogen-bond acceptors (Lipinski definition) is 16. The van der Waals surface area contributed by atoms with Crippen LogP contribution in [0.2, 0.25) is 0 Å². The fraction of sp³-hybridized carbons (Fsp3) is 0.725. The first-order valence-corrected chi connectivity index (χ1v) is 22.1. The summed E-state index contributed by atoms with van der Waals surface area (Å²) in [6.45, 7) is 8.10. The number of nitrogens with two attached hydrogens (primary N) is 4. The van der Waals surface area contributed by atoms with E-state index in [1.54, 1.807) is 27.7 Å². The number of aliphatic imine (C=N–C) groups is 1. The van der Waals surface area contributed by atoms with Gasteiger partial charge < -0.3 is 91.2 Å². The van der Waals surface area contributed by atoms with Gasteiger partial charge in [-0.3, -0.25) is 52.9 Å².